The third-order valence-electron chi connectivity index (χ3n) is 5.01. The lowest BCUT2D eigenvalue weighted by atomic mass is 9.95. The Kier molecular flexibility index (Phi) is 2.72. The fourth-order valence-electron chi connectivity index (χ4n) is 3.25. The molecule has 1 amide bonds. The van der Waals surface area contributed by atoms with E-state index in [4.69, 9.17) is 9.47 Å². The largest absolute Gasteiger partial charge is 0.486 e. The first-order valence-electron chi connectivity index (χ1n) is 7.81. The van der Waals surface area contributed by atoms with E-state index in [1.54, 1.807) is 0 Å². The van der Waals surface area contributed by atoms with Crippen LogP contribution in [0.25, 0.3) is 0 Å². The summed E-state index contributed by atoms with van der Waals surface area (Å²) < 4.78 is 11.2. The van der Waals surface area contributed by atoms with Crippen molar-refractivity contribution in [2.75, 3.05) is 13.2 Å². The summed E-state index contributed by atoms with van der Waals surface area (Å²) in [7, 11) is 0. The van der Waals surface area contributed by atoms with Gasteiger partial charge in [-0.2, -0.15) is 0 Å². The molecule has 1 heterocycles. The molecular weight excluding hydrogens is 266 g/mol. The van der Waals surface area contributed by atoms with Crippen molar-refractivity contribution >= 4 is 5.91 Å². The van der Waals surface area contributed by atoms with Crippen LogP contribution in [0.3, 0.4) is 0 Å². The van der Waals surface area contributed by atoms with Crippen molar-refractivity contribution in [1.82, 2.24) is 5.32 Å². The van der Waals surface area contributed by atoms with Gasteiger partial charge in [-0.1, -0.05) is 19.9 Å². The van der Waals surface area contributed by atoms with Crippen molar-refractivity contribution in [3.63, 3.8) is 0 Å². The first-order chi connectivity index (χ1) is 10.1. The molecule has 4 nitrogen and oxygen atoms in total. The standard InChI is InChI=1S/C17H21NO3/c1-10(2)15(18-16(19)17-8-12(17)9-17)11-3-4-13-14(7-11)21-6-5-20-13/h3-4,7,10,12,15H,5-6,8-9H2,1-2H3,(H,18,19). The van der Waals surface area contributed by atoms with Gasteiger partial charge in [-0.25, -0.2) is 0 Å². The molecule has 0 radical (unpaired) electrons. The molecule has 2 aliphatic carbocycles. The highest BCUT2D eigenvalue weighted by atomic mass is 16.6. The first kappa shape index (κ1) is 13.0. The fraction of sp³-hybridized carbons (Fsp3) is 0.588. The van der Waals surface area contributed by atoms with Gasteiger partial charge in [-0.15, -0.1) is 0 Å². The summed E-state index contributed by atoms with van der Waals surface area (Å²) >= 11 is 0. The second-order valence-electron chi connectivity index (χ2n) is 6.86. The van der Waals surface area contributed by atoms with Gasteiger partial charge in [-0.05, 0) is 42.4 Å². The third-order valence-corrected chi connectivity index (χ3v) is 5.01. The van der Waals surface area contributed by atoms with Crippen LogP contribution < -0.4 is 14.8 Å². The van der Waals surface area contributed by atoms with Gasteiger partial charge in [0, 0.05) is 0 Å². The van der Waals surface area contributed by atoms with Gasteiger partial charge < -0.3 is 14.8 Å². The van der Waals surface area contributed by atoms with Gasteiger partial charge in [0.2, 0.25) is 5.91 Å². The number of carbonyl (C=O) groups excluding carboxylic acids is 1. The van der Waals surface area contributed by atoms with Crippen LogP contribution in [-0.4, -0.2) is 19.1 Å². The number of benzene rings is 1. The second-order valence-corrected chi connectivity index (χ2v) is 6.86. The Morgan fingerprint density at radius 1 is 1.24 bits per heavy atom. The average molecular weight is 287 g/mol. The maximum Gasteiger partial charge on any atom is 0.227 e. The van der Waals surface area contributed by atoms with Crippen molar-refractivity contribution in [2.45, 2.75) is 32.7 Å². The van der Waals surface area contributed by atoms with Crippen LogP contribution in [0.1, 0.15) is 38.3 Å². The van der Waals surface area contributed by atoms with E-state index in [2.05, 4.69) is 19.2 Å². The van der Waals surface area contributed by atoms with E-state index in [9.17, 15) is 4.79 Å². The molecule has 1 atom stereocenters. The zero-order valence-corrected chi connectivity index (χ0v) is 12.5. The lowest BCUT2D eigenvalue weighted by Crippen LogP contribution is -2.34. The van der Waals surface area contributed by atoms with Gasteiger partial charge in [0.1, 0.15) is 13.2 Å². The van der Waals surface area contributed by atoms with Crippen molar-refractivity contribution in [3.05, 3.63) is 23.8 Å². The molecule has 1 N–H and O–H groups in total. The topological polar surface area (TPSA) is 47.6 Å². The molecule has 1 aromatic rings. The molecule has 2 fully saturated rings. The van der Waals surface area contributed by atoms with Gasteiger partial charge in [-0.3, -0.25) is 4.79 Å². The third kappa shape index (κ3) is 2.08. The minimum atomic E-state index is 0.0148. The summed E-state index contributed by atoms with van der Waals surface area (Å²) in [6, 6.07) is 6.02. The molecule has 0 spiro atoms. The van der Waals surface area contributed by atoms with E-state index in [1.165, 1.54) is 0 Å². The highest BCUT2D eigenvalue weighted by molar-refractivity contribution is 5.90. The average Bonchev–Trinajstić information content (AvgIpc) is 3.33. The molecule has 112 valence electrons. The van der Waals surface area contributed by atoms with E-state index in [0.29, 0.717) is 25.0 Å². The molecular formula is C17H21NO3. The summed E-state index contributed by atoms with van der Waals surface area (Å²) in [4.78, 5) is 12.4. The molecule has 0 bridgehead atoms. The van der Waals surface area contributed by atoms with Gasteiger partial charge >= 0.3 is 0 Å². The number of ether oxygens (including phenoxy) is 2. The molecule has 2 saturated carbocycles. The van der Waals surface area contributed by atoms with Gasteiger partial charge in [0.05, 0.1) is 11.5 Å². The lowest BCUT2D eigenvalue weighted by Gasteiger charge is -2.26. The number of carbonyl (C=O) groups is 1. The maximum absolute atomic E-state index is 12.4. The summed E-state index contributed by atoms with van der Waals surface area (Å²) in [5.74, 6) is 2.82. The summed E-state index contributed by atoms with van der Waals surface area (Å²) in [6.45, 7) is 5.45. The quantitative estimate of drug-likeness (QED) is 0.926. The highest BCUT2D eigenvalue weighted by Crippen LogP contribution is 2.75. The van der Waals surface area contributed by atoms with E-state index in [0.717, 1.165) is 29.9 Å². The van der Waals surface area contributed by atoms with Crippen LogP contribution in [0.2, 0.25) is 0 Å². The second kappa shape index (κ2) is 4.39. The van der Waals surface area contributed by atoms with Crippen LogP contribution in [0.5, 0.6) is 11.5 Å². The molecule has 0 aromatic heterocycles. The molecule has 21 heavy (non-hydrogen) atoms. The fourth-order valence-corrected chi connectivity index (χ4v) is 3.25. The highest BCUT2D eigenvalue weighted by Gasteiger charge is 2.74. The van der Waals surface area contributed by atoms with E-state index in [-0.39, 0.29) is 17.4 Å². The Labute approximate surface area is 124 Å². The van der Waals surface area contributed by atoms with Crippen LogP contribution in [0.15, 0.2) is 18.2 Å². The lowest BCUT2D eigenvalue weighted by molar-refractivity contribution is -0.125. The first-order valence-corrected chi connectivity index (χ1v) is 7.81. The summed E-state index contributed by atoms with van der Waals surface area (Å²) in [6.07, 6.45) is 2.18. The normalized spacial score (nSPS) is 29.6. The number of nitrogens with one attached hydrogen (secondary N) is 1. The monoisotopic (exact) mass is 287 g/mol. The molecule has 1 aromatic carbocycles. The zero-order valence-electron chi connectivity index (χ0n) is 12.5. The van der Waals surface area contributed by atoms with Crippen molar-refractivity contribution in [1.29, 1.82) is 0 Å². The van der Waals surface area contributed by atoms with Crippen LogP contribution >= 0.6 is 0 Å². The Hall–Kier alpha value is -1.71. The van der Waals surface area contributed by atoms with E-state index in [1.807, 2.05) is 18.2 Å². The smallest absolute Gasteiger partial charge is 0.227 e. The van der Waals surface area contributed by atoms with Gasteiger partial charge in [0.15, 0.2) is 11.5 Å². The van der Waals surface area contributed by atoms with Crippen LogP contribution in [0, 0.1) is 17.3 Å². The van der Waals surface area contributed by atoms with Gasteiger partial charge in [0.25, 0.3) is 0 Å². The van der Waals surface area contributed by atoms with Crippen molar-refractivity contribution in [3.8, 4) is 11.5 Å². The van der Waals surface area contributed by atoms with E-state index < -0.39 is 0 Å². The molecule has 1 unspecified atom stereocenters. The van der Waals surface area contributed by atoms with Crippen molar-refractivity contribution < 1.29 is 14.3 Å². The molecule has 4 rings (SSSR count). The predicted molar refractivity (Wildman–Crippen MR) is 78.3 cm³/mol. The molecule has 0 saturated heterocycles. The van der Waals surface area contributed by atoms with E-state index >= 15 is 0 Å². The Morgan fingerprint density at radius 2 is 1.90 bits per heavy atom. The predicted octanol–water partition coefficient (Wildman–Crippen LogP) is 2.68. The zero-order chi connectivity index (χ0) is 14.6. The number of hydrogen-bond donors (Lipinski definition) is 1. The molecule has 1 aliphatic heterocycles. The summed E-state index contributed by atoms with van der Waals surface area (Å²) in [5, 5.41) is 3.25. The van der Waals surface area contributed by atoms with Crippen LogP contribution in [-0.2, 0) is 4.79 Å². The number of rotatable bonds is 4. The summed E-state index contributed by atoms with van der Waals surface area (Å²) in [5.41, 5.74) is 1.11. The Bertz CT molecular complexity index is 590. The minimum absolute atomic E-state index is 0.0148. The Morgan fingerprint density at radius 3 is 2.52 bits per heavy atom. The molecule has 3 aliphatic rings. The maximum atomic E-state index is 12.4. The Balaban J connectivity index is 1.56. The number of amides is 1. The van der Waals surface area contributed by atoms with Crippen LogP contribution in [0.4, 0.5) is 0 Å². The number of fused-ring (bicyclic) bond motifs is 2. The number of hydrogen-bond acceptors (Lipinski definition) is 3. The molecule has 4 heteroatoms. The van der Waals surface area contributed by atoms with Crippen molar-refractivity contribution in [2.24, 2.45) is 17.3 Å². The SMILES string of the molecule is CC(C)C(NC(=O)C12CC1C2)c1ccc2c(c1)OCCO2. The minimum Gasteiger partial charge on any atom is -0.486 e.